The van der Waals surface area contributed by atoms with Gasteiger partial charge in [-0.2, -0.15) is 4.98 Å². The summed E-state index contributed by atoms with van der Waals surface area (Å²) >= 11 is 0. The lowest BCUT2D eigenvalue weighted by Gasteiger charge is -2.30. The van der Waals surface area contributed by atoms with E-state index in [1.807, 2.05) is 4.90 Å². The number of aromatic nitrogens is 2. The van der Waals surface area contributed by atoms with Crippen LogP contribution in [0, 0.1) is 0 Å². The predicted octanol–water partition coefficient (Wildman–Crippen LogP) is 4.34. The van der Waals surface area contributed by atoms with E-state index < -0.39 is 5.54 Å². The number of hydrogen-bond acceptors (Lipinski definition) is 6. The van der Waals surface area contributed by atoms with E-state index in [0.717, 1.165) is 64.5 Å². The first-order valence-corrected chi connectivity index (χ1v) is 13.3. The van der Waals surface area contributed by atoms with Crippen molar-refractivity contribution in [1.82, 2.24) is 20.4 Å². The summed E-state index contributed by atoms with van der Waals surface area (Å²) < 4.78 is 5.44. The van der Waals surface area contributed by atoms with Crippen molar-refractivity contribution in [2.24, 2.45) is 0 Å². The summed E-state index contributed by atoms with van der Waals surface area (Å²) in [7, 11) is 0. The molecule has 4 rings (SSSR count). The lowest BCUT2D eigenvalue weighted by molar-refractivity contribution is -0.121. The molecule has 194 valence electrons. The van der Waals surface area contributed by atoms with Crippen molar-refractivity contribution in [3.05, 3.63) is 41.5 Å². The molecule has 1 saturated heterocycles. The lowest BCUT2D eigenvalue weighted by Crippen LogP contribution is -2.45. The molecule has 0 spiro atoms. The van der Waals surface area contributed by atoms with Crippen LogP contribution in [0.4, 0.5) is 5.69 Å². The summed E-state index contributed by atoms with van der Waals surface area (Å²) in [6.07, 6.45) is 10.7. The van der Waals surface area contributed by atoms with Crippen LogP contribution in [0.5, 0.6) is 0 Å². The highest BCUT2D eigenvalue weighted by molar-refractivity contribution is 5.95. The van der Waals surface area contributed by atoms with Gasteiger partial charge in [0.2, 0.25) is 17.7 Å². The SMILES string of the molecule is CC(=O)NC1(c2noc(CCC(=O)Nc3ccc(C(=O)N4CCCCCC4)cc3)n2)CCCCCC1. The van der Waals surface area contributed by atoms with Crippen LogP contribution in [-0.4, -0.2) is 45.9 Å². The lowest BCUT2D eigenvalue weighted by atomic mass is 9.89. The molecule has 2 aliphatic rings. The molecule has 1 aromatic carbocycles. The van der Waals surface area contributed by atoms with Gasteiger partial charge >= 0.3 is 0 Å². The number of aryl methyl sites for hydroxylation is 1. The zero-order chi connectivity index (χ0) is 25.4. The van der Waals surface area contributed by atoms with Gasteiger partial charge in [0.25, 0.3) is 5.91 Å². The minimum Gasteiger partial charge on any atom is -0.343 e. The molecule has 1 saturated carbocycles. The van der Waals surface area contributed by atoms with Gasteiger partial charge in [0.05, 0.1) is 0 Å². The van der Waals surface area contributed by atoms with Gasteiger partial charge < -0.3 is 20.1 Å². The van der Waals surface area contributed by atoms with Crippen molar-refractivity contribution in [3.63, 3.8) is 0 Å². The Morgan fingerprint density at radius 2 is 1.58 bits per heavy atom. The molecule has 9 heteroatoms. The van der Waals surface area contributed by atoms with Crippen LogP contribution in [0.25, 0.3) is 0 Å². The van der Waals surface area contributed by atoms with Crippen LogP contribution in [0.1, 0.15) is 99.6 Å². The Labute approximate surface area is 212 Å². The third-order valence-corrected chi connectivity index (χ3v) is 7.14. The molecule has 0 bridgehead atoms. The number of carbonyl (C=O) groups excluding carboxylic acids is 3. The Bertz CT molecular complexity index is 1030. The highest BCUT2D eigenvalue weighted by atomic mass is 16.5. The van der Waals surface area contributed by atoms with Crippen LogP contribution in [-0.2, 0) is 21.5 Å². The predicted molar refractivity (Wildman–Crippen MR) is 135 cm³/mol. The van der Waals surface area contributed by atoms with Gasteiger partial charge in [-0.3, -0.25) is 14.4 Å². The van der Waals surface area contributed by atoms with E-state index in [1.165, 1.54) is 19.8 Å². The highest BCUT2D eigenvalue weighted by Crippen LogP contribution is 2.34. The maximum atomic E-state index is 12.8. The number of anilines is 1. The van der Waals surface area contributed by atoms with Gasteiger partial charge in [-0.25, -0.2) is 0 Å². The van der Waals surface area contributed by atoms with Crippen LogP contribution in [0.3, 0.4) is 0 Å². The number of hydrogen-bond donors (Lipinski definition) is 2. The zero-order valence-electron chi connectivity index (χ0n) is 21.2. The largest absolute Gasteiger partial charge is 0.343 e. The van der Waals surface area contributed by atoms with Crippen molar-refractivity contribution in [2.45, 2.75) is 89.5 Å². The van der Waals surface area contributed by atoms with Crippen LogP contribution >= 0.6 is 0 Å². The quantitative estimate of drug-likeness (QED) is 0.552. The molecule has 2 heterocycles. The van der Waals surface area contributed by atoms with Gasteiger partial charge in [0.1, 0.15) is 5.54 Å². The third-order valence-electron chi connectivity index (χ3n) is 7.14. The molecule has 0 atom stereocenters. The first kappa shape index (κ1) is 25.9. The van der Waals surface area contributed by atoms with E-state index in [-0.39, 0.29) is 24.1 Å². The maximum Gasteiger partial charge on any atom is 0.253 e. The van der Waals surface area contributed by atoms with E-state index in [0.29, 0.717) is 29.4 Å². The molecular weight excluding hydrogens is 458 g/mol. The summed E-state index contributed by atoms with van der Waals surface area (Å²) in [6, 6.07) is 7.05. The third kappa shape index (κ3) is 6.71. The second kappa shape index (κ2) is 12.1. The van der Waals surface area contributed by atoms with E-state index in [1.54, 1.807) is 24.3 Å². The molecule has 1 aromatic heterocycles. The minimum atomic E-state index is -0.598. The number of benzene rings is 1. The summed E-state index contributed by atoms with van der Waals surface area (Å²) in [5.74, 6) is 0.647. The van der Waals surface area contributed by atoms with Gasteiger partial charge in [-0.15, -0.1) is 0 Å². The Morgan fingerprint density at radius 1 is 0.944 bits per heavy atom. The van der Waals surface area contributed by atoms with E-state index in [9.17, 15) is 14.4 Å². The van der Waals surface area contributed by atoms with E-state index >= 15 is 0 Å². The smallest absolute Gasteiger partial charge is 0.253 e. The Morgan fingerprint density at radius 3 is 2.22 bits per heavy atom. The Kier molecular flexibility index (Phi) is 8.72. The number of nitrogens with zero attached hydrogens (tertiary/aromatic N) is 3. The van der Waals surface area contributed by atoms with Gasteiger partial charge in [-0.1, -0.05) is 43.7 Å². The molecular formula is C27H37N5O4. The highest BCUT2D eigenvalue weighted by Gasteiger charge is 2.38. The molecule has 1 aliphatic carbocycles. The molecule has 0 unspecified atom stereocenters. The van der Waals surface area contributed by atoms with Crippen LogP contribution in [0.15, 0.2) is 28.8 Å². The summed E-state index contributed by atoms with van der Waals surface area (Å²) in [5.41, 5.74) is 0.681. The number of nitrogens with one attached hydrogen (secondary N) is 2. The fourth-order valence-electron chi connectivity index (χ4n) is 5.22. The standard InChI is InChI=1S/C27H37N5O4/c1-20(33)30-27(16-6-2-3-7-17-27)26-29-24(36-31-26)15-14-23(34)28-22-12-10-21(11-13-22)25(35)32-18-8-4-5-9-19-32/h10-13H,2-9,14-19H2,1H3,(H,28,34)(H,30,33). The first-order chi connectivity index (χ1) is 17.4. The zero-order valence-corrected chi connectivity index (χ0v) is 21.2. The molecule has 2 aromatic rings. The molecule has 1 aliphatic heterocycles. The summed E-state index contributed by atoms with van der Waals surface area (Å²) in [5, 5.41) is 10.1. The average molecular weight is 496 g/mol. The van der Waals surface area contributed by atoms with Crippen LogP contribution in [0.2, 0.25) is 0 Å². The van der Waals surface area contributed by atoms with Crippen molar-refractivity contribution in [3.8, 4) is 0 Å². The summed E-state index contributed by atoms with van der Waals surface area (Å²) in [4.78, 5) is 43.6. The van der Waals surface area contributed by atoms with Gasteiger partial charge in [0, 0.05) is 44.1 Å². The average Bonchev–Trinajstić information content (AvgIpc) is 3.04. The fourth-order valence-corrected chi connectivity index (χ4v) is 5.22. The molecule has 2 N–H and O–H groups in total. The topological polar surface area (TPSA) is 117 Å². The second-order valence-electron chi connectivity index (χ2n) is 10.0. The van der Waals surface area contributed by atoms with Crippen molar-refractivity contribution < 1.29 is 18.9 Å². The van der Waals surface area contributed by atoms with Gasteiger partial charge in [-0.05, 0) is 49.9 Å². The fraction of sp³-hybridized carbons (Fsp3) is 0.593. The van der Waals surface area contributed by atoms with E-state index in [4.69, 9.17) is 4.52 Å². The minimum absolute atomic E-state index is 0.0488. The molecule has 36 heavy (non-hydrogen) atoms. The van der Waals surface area contributed by atoms with Crippen molar-refractivity contribution in [2.75, 3.05) is 18.4 Å². The monoisotopic (exact) mass is 495 g/mol. The molecule has 3 amide bonds. The normalized spacial score (nSPS) is 18.1. The number of amides is 3. The van der Waals surface area contributed by atoms with Crippen molar-refractivity contribution in [1.29, 1.82) is 0 Å². The molecule has 2 fully saturated rings. The Balaban J connectivity index is 1.31. The van der Waals surface area contributed by atoms with Crippen molar-refractivity contribution >= 4 is 23.4 Å². The Hall–Kier alpha value is -3.23. The van der Waals surface area contributed by atoms with E-state index in [2.05, 4.69) is 20.8 Å². The van der Waals surface area contributed by atoms with Gasteiger partial charge in [0.15, 0.2) is 5.82 Å². The number of likely N-dealkylation sites (tertiary alicyclic amines) is 1. The second-order valence-corrected chi connectivity index (χ2v) is 10.0. The number of rotatable bonds is 7. The number of carbonyl (C=O) groups is 3. The van der Waals surface area contributed by atoms with Crippen LogP contribution < -0.4 is 10.6 Å². The summed E-state index contributed by atoms with van der Waals surface area (Å²) in [6.45, 7) is 3.12. The molecule has 9 nitrogen and oxygen atoms in total. The molecule has 0 radical (unpaired) electrons. The maximum absolute atomic E-state index is 12.8. The first-order valence-electron chi connectivity index (χ1n) is 13.3.